The zero-order valence-corrected chi connectivity index (χ0v) is 16.7. The van der Waals surface area contributed by atoms with Gasteiger partial charge < -0.3 is 15.0 Å². The first-order valence-corrected chi connectivity index (χ1v) is 9.51. The third kappa shape index (κ3) is 5.57. The first-order chi connectivity index (χ1) is 12.8. The van der Waals surface area contributed by atoms with Gasteiger partial charge in [0.2, 0.25) is 5.28 Å². The van der Waals surface area contributed by atoms with Crippen LogP contribution in [0.1, 0.15) is 33.6 Å². The lowest BCUT2D eigenvalue weighted by atomic mass is 10.0. The Labute approximate surface area is 164 Å². The average Bonchev–Trinajstić information content (AvgIpc) is 2.61. The van der Waals surface area contributed by atoms with Crippen molar-refractivity contribution in [1.82, 2.24) is 14.9 Å². The number of carbonyl (C=O) groups excluding carboxylic acids is 1. The molecule has 7 heteroatoms. The number of ether oxygens (including phenoxy) is 1. The molecule has 2 heterocycles. The molecule has 1 fully saturated rings. The zero-order chi connectivity index (χ0) is 19.4. The standard InChI is InChI=1S/C20H25ClN4O2/c1-20(2,3)27-19(26)25-11-5-8-16(13-25)23-15-7-4-6-14(12-15)17-9-10-22-18(21)24-17/h4,6-7,9-10,12,16,23H,5,8,11,13H2,1-3H3. The van der Waals surface area contributed by atoms with Crippen LogP contribution >= 0.6 is 11.6 Å². The largest absolute Gasteiger partial charge is 0.444 e. The Bertz CT molecular complexity index is 807. The van der Waals surface area contributed by atoms with E-state index in [1.807, 2.05) is 51.1 Å². The van der Waals surface area contributed by atoms with Crippen LogP contribution in [0.25, 0.3) is 11.3 Å². The minimum Gasteiger partial charge on any atom is -0.444 e. The molecule has 0 bridgehead atoms. The molecule has 1 aromatic heterocycles. The Morgan fingerprint density at radius 3 is 2.89 bits per heavy atom. The molecule has 0 radical (unpaired) electrons. The van der Waals surface area contributed by atoms with Gasteiger partial charge in [-0.15, -0.1) is 0 Å². The first-order valence-electron chi connectivity index (χ1n) is 9.13. The highest BCUT2D eigenvalue weighted by Gasteiger charge is 2.27. The summed E-state index contributed by atoms with van der Waals surface area (Å²) in [7, 11) is 0. The number of hydrogen-bond donors (Lipinski definition) is 1. The average molecular weight is 389 g/mol. The van der Waals surface area contributed by atoms with Gasteiger partial charge in [0.25, 0.3) is 0 Å². The number of anilines is 1. The smallest absolute Gasteiger partial charge is 0.410 e. The van der Waals surface area contributed by atoms with Gasteiger partial charge in [0, 0.05) is 36.6 Å². The molecule has 1 aromatic carbocycles. The molecule has 27 heavy (non-hydrogen) atoms. The molecule has 3 rings (SSSR count). The monoisotopic (exact) mass is 388 g/mol. The Morgan fingerprint density at radius 1 is 1.33 bits per heavy atom. The summed E-state index contributed by atoms with van der Waals surface area (Å²) < 4.78 is 5.50. The minimum atomic E-state index is -0.482. The van der Waals surface area contributed by atoms with Crippen molar-refractivity contribution in [2.24, 2.45) is 0 Å². The van der Waals surface area contributed by atoms with E-state index in [-0.39, 0.29) is 17.4 Å². The number of nitrogens with zero attached hydrogens (tertiary/aromatic N) is 3. The van der Waals surface area contributed by atoms with Crippen LogP contribution in [0.4, 0.5) is 10.5 Å². The number of carbonyl (C=O) groups is 1. The second-order valence-electron chi connectivity index (χ2n) is 7.70. The van der Waals surface area contributed by atoms with Gasteiger partial charge in [-0.25, -0.2) is 14.8 Å². The second-order valence-corrected chi connectivity index (χ2v) is 8.04. The van der Waals surface area contributed by atoms with Crippen molar-refractivity contribution in [3.8, 4) is 11.3 Å². The fourth-order valence-corrected chi connectivity index (χ4v) is 3.23. The maximum atomic E-state index is 12.3. The minimum absolute atomic E-state index is 0.176. The predicted octanol–water partition coefficient (Wildman–Crippen LogP) is 4.61. The number of rotatable bonds is 3. The summed E-state index contributed by atoms with van der Waals surface area (Å²) in [6.45, 7) is 7.01. The number of nitrogens with one attached hydrogen (secondary N) is 1. The van der Waals surface area contributed by atoms with Crippen molar-refractivity contribution in [2.45, 2.75) is 45.3 Å². The summed E-state index contributed by atoms with van der Waals surface area (Å²) in [4.78, 5) is 22.3. The summed E-state index contributed by atoms with van der Waals surface area (Å²) >= 11 is 5.89. The Morgan fingerprint density at radius 2 is 2.15 bits per heavy atom. The predicted molar refractivity (Wildman–Crippen MR) is 107 cm³/mol. The van der Waals surface area contributed by atoms with Gasteiger partial charge in [-0.05, 0) is 63.4 Å². The summed E-state index contributed by atoms with van der Waals surface area (Å²) in [5, 5.41) is 3.76. The molecule has 144 valence electrons. The van der Waals surface area contributed by atoms with Crippen molar-refractivity contribution in [3.63, 3.8) is 0 Å². The molecule has 6 nitrogen and oxygen atoms in total. The van der Waals surface area contributed by atoms with Crippen LogP contribution in [-0.2, 0) is 4.74 Å². The summed E-state index contributed by atoms with van der Waals surface area (Å²) in [5.41, 5.74) is 2.24. The van der Waals surface area contributed by atoms with Crippen molar-refractivity contribution in [3.05, 3.63) is 41.8 Å². The number of likely N-dealkylation sites (tertiary alicyclic amines) is 1. The van der Waals surface area contributed by atoms with Crippen LogP contribution in [0.2, 0.25) is 5.28 Å². The van der Waals surface area contributed by atoms with Gasteiger partial charge in [-0.2, -0.15) is 0 Å². The van der Waals surface area contributed by atoms with E-state index >= 15 is 0 Å². The van der Waals surface area contributed by atoms with Gasteiger partial charge in [-0.1, -0.05) is 12.1 Å². The number of aromatic nitrogens is 2. The molecule has 1 aliphatic rings. The normalized spacial score (nSPS) is 17.5. The van der Waals surface area contributed by atoms with Gasteiger partial charge in [-0.3, -0.25) is 0 Å². The van der Waals surface area contributed by atoms with Crippen LogP contribution < -0.4 is 5.32 Å². The molecular formula is C20H25ClN4O2. The summed E-state index contributed by atoms with van der Waals surface area (Å²) in [6, 6.07) is 10.0. The SMILES string of the molecule is CC(C)(C)OC(=O)N1CCCC(Nc2cccc(-c3ccnc(Cl)n3)c2)C1. The molecule has 1 unspecified atom stereocenters. The highest BCUT2D eigenvalue weighted by atomic mass is 35.5. The highest BCUT2D eigenvalue weighted by Crippen LogP contribution is 2.24. The van der Waals surface area contributed by atoms with E-state index < -0.39 is 5.60 Å². The lowest BCUT2D eigenvalue weighted by Gasteiger charge is -2.34. The van der Waals surface area contributed by atoms with Gasteiger partial charge >= 0.3 is 6.09 Å². The molecule has 0 aliphatic carbocycles. The number of benzene rings is 1. The van der Waals surface area contributed by atoms with Crippen molar-refractivity contribution in [2.75, 3.05) is 18.4 Å². The maximum Gasteiger partial charge on any atom is 0.410 e. The Kier molecular flexibility index (Phi) is 5.85. The highest BCUT2D eigenvalue weighted by molar-refractivity contribution is 6.28. The van der Waals surface area contributed by atoms with Gasteiger partial charge in [0.15, 0.2) is 0 Å². The molecule has 1 amide bonds. The van der Waals surface area contributed by atoms with E-state index in [0.717, 1.165) is 36.3 Å². The van der Waals surface area contributed by atoms with Gasteiger partial charge in [0.1, 0.15) is 5.60 Å². The molecule has 1 aliphatic heterocycles. The van der Waals surface area contributed by atoms with Crippen LogP contribution in [0.5, 0.6) is 0 Å². The van der Waals surface area contributed by atoms with Gasteiger partial charge in [0.05, 0.1) is 5.69 Å². The van der Waals surface area contributed by atoms with E-state index in [0.29, 0.717) is 6.54 Å². The van der Waals surface area contributed by atoms with E-state index in [4.69, 9.17) is 16.3 Å². The van der Waals surface area contributed by atoms with Crippen molar-refractivity contribution < 1.29 is 9.53 Å². The molecule has 0 saturated carbocycles. The molecule has 1 N–H and O–H groups in total. The zero-order valence-electron chi connectivity index (χ0n) is 15.9. The number of halogens is 1. The van der Waals surface area contributed by atoms with E-state index in [1.165, 1.54) is 0 Å². The van der Waals surface area contributed by atoms with Crippen molar-refractivity contribution in [1.29, 1.82) is 0 Å². The Hall–Kier alpha value is -2.34. The molecule has 2 aromatic rings. The van der Waals surface area contributed by atoms with Crippen LogP contribution in [0.3, 0.4) is 0 Å². The second kappa shape index (κ2) is 8.13. The molecular weight excluding hydrogens is 364 g/mol. The van der Waals surface area contributed by atoms with Crippen molar-refractivity contribution >= 4 is 23.4 Å². The summed E-state index contributed by atoms with van der Waals surface area (Å²) in [5.74, 6) is 0. The quantitative estimate of drug-likeness (QED) is 0.778. The maximum absolute atomic E-state index is 12.3. The molecule has 1 atom stereocenters. The summed E-state index contributed by atoms with van der Waals surface area (Å²) in [6.07, 6.45) is 3.34. The van der Waals surface area contributed by atoms with E-state index in [2.05, 4.69) is 15.3 Å². The number of hydrogen-bond acceptors (Lipinski definition) is 5. The third-order valence-corrected chi connectivity index (χ3v) is 4.41. The lowest BCUT2D eigenvalue weighted by Crippen LogP contribution is -2.46. The fourth-order valence-electron chi connectivity index (χ4n) is 3.09. The molecule has 0 spiro atoms. The van der Waals surface area contributed by atoms with Crippen LogP contribution in [0.15, 0.2) is 36.5 Å². The van der Waals surface area contributed by atoms with E-state index in [1.54, 1.807) is 11.1 Å². The Balaban J connectivity index is 1.66. The number of piperidine rings is 1. The van der Waals surface area contributed by atoms with Crippen LogP contribution in [0, 0.1) is 0 Å². The van der Waals surface area contributed by atoms with Crippen LogP contribution in [-0.4, -0.2) is 45.7 Å². The van der Waals surface area contributed by atoms with E-state index in [9.17, 15) is 4.79 Å². The first kappa shape index (κ1) is 19.4. The molecule has 1 saturated heterocycles. The third-order valence-electron chi connectivity index (χ3n) is 4.23. The topological polar surface area (TPSA) is 67.3 Å². The number of amides is 1. The fraction of sp³-hybridized carbons (Fsp3) is 0.450. The lowest BCUT2D eigenvalue weighted by molar-refractivity contribution is 0.0206.